The second-order valence-electron chi connectivity index (χ2n) is 7.22. The van der Waals surface area contributed by atoms with E-state index in [2.05, 4.69) is 15.1 Å². The molecule has 1 unspecified atom stereocenters. The molecule has 0 aliphatic carbocycles. The number of rotatable bonds is 8. The van der Waals surface area contributed by atoms with Crippen molar-refractivity contribution in [2.45, 2.75) is 36.6 Å². The largest absolute Gasteiger partial charge is 0.497 e. The molecular weight excluding hydrogens is 420 g/mol. The molecule has 1 saturated heterocycles. The molecule has 3 aromatic rings. The predicted octanol–water partition coefficient (Wildman–Crippen LogP) is 2.93. The Balaban J connectivity index is 1.50. The molecule has 4 rings (SSSR count). The molecule has 0 bridgehead atoms. The van der Waals surface area contributed by atoms with Gasteiger partial charge < -0.3 is 14.0 Å². The summed E-state index contributed by atoms with van der Waals surface area (Å²) in [6, 6.07) is 8.28. The lowest BCUT2D eigenvalue weighted by atomic mass is 10.1. The molecule has 0 spiro atoms. The van der Waals surface area contributed by atoms with Crippen molar-refractivity contribution >= 4 is 10.0 Å². The molecule has 1 aliphatic rings. The van der Waals surface area contributed by atoms with Crippen LogP contribution in [0.2, 0.25) is 0 Å². The van der Waals surface area contributed by atoms with Crippen molar-refractivity contribution in [3.05, 3.63) is 48.5 Å². The maximum Gasteiger partial charge on any atom is 0.259 e. The van der Waals surface area contributed by atoms with Gasteiger partial charge in [0.1, 0.15) is 16.4 Å². The lowest BCUT2D eigenvalue weighted by Crippen LogP contribution is -2.36. The van der Waals surface area contributed by atoms with Crippen molar-refractivity contribution in [1.29, 1.82) is 0 Å². The van der Waals surface area contributed by atoms with E-state index in [1.54, 1.807) is 34.9 Å². The van der Waals surface area contributed by atoms with Crippen LogP contribution in [0.3, 0.4) is 0 Å². The lowest BCUT2D eigenvalue weighted by molar-refractivity contribution is 0.357. The van der Waals surface area contributed by atoms with E-state index in [4.69, 9.17) is 14.0 Å². The number of hydrogen-bond acceptors (Lipinski definition) is 8. The predicted molar refractivity (Wildman–Crippen MR) is 112 cm³/mol. The minimum Gasteiger partial charge on any atom is -0.497 e. The Bertz CT molecular complexity index is 1130. The van der Waals surface area contributed by atoms with Crippen molar-refractivity contribution < 1.29 is 22.4 Å². The maximum absolute atomic E-state index is 13.4. The summed E-state index contributed by atoms with van der Waals surface area (Å²) in [4.78, 5) is 8.58. The third-order valence-corrected chi connectivity index (χ3v) is 7.33. The van der Waals surface area contributed by atoms with E-state index in [-0.39, 0.29) is 10.9 Å². The topological polar surface area (TPSA) is 108 Å². The summed E-state index contributed by atoms with van der Waals surface area (Å²) in [7, 11) is -0.791. The molecule has 2 aromatic heterocycles. The first-order valence-corrected chi connectivity index (χ1v) is 11.4. The van der Waals surface area contributed by atoms with Crippen molar-refractivity contribution in [3.63, 3.8) is 0 Å². The number of aromatic nitrogens is 3. The molecule has 0 amide bonds. The quantitative estimate of drug-likeness (QED) is 0.522. The standard InChI is InChI=1S/C21H24N4O5S/c1-28-17-8-9-18(29-2)19(13-17)31(26,27)25-12-4-6-16(25)7-10-20-23-21(30-24-20)15-5-3-11-22-14-15/h3,5,8-9,11,13-14,16H,4,6-7,10,12H2,1-2H3. The fourth-order valence-electron chi connectivity index (χ4n) is 3.78. The average molecular weight is 445 g/mol. The van der Waals surface area contributed by atoms with Crippen molar-refractivity contribution in [1.82, 2.24) is 19.4 Å². The summed E-state index contributed by atoms with van der Waals surface area (Å²) in [5, 5.41) is 4.03. The van der Waals surface area contributed by atoms with Crippen molar-refractivity contribution in [2.24, 2.45) is 0 Å². The molecule has 0 radical (unpaired) electrons. The number of pyridine rings is 1. The van der Waals surface area contributed by atoms with Crippen LogP contribution in [0.25, 0.3) is 11.5 Å². The number of nitrogens with zero attached hydrogens (tertiary/aromatic N) is 4. The van der Waals surface area contributed by atoms with E-state index < -0.39 is 10.0 Å². The van der Waals surface area contributed by atoms with Crippen LogP contribution in [0.5, 0.6) is 11.5 Å². The fourth-order valence-corrected chi connectivity index (χ4v) is 5.68. The molecule has 3 heterocycles. The van der Waals surface area contributed by atoms with Gasteiger partial charge in [0.25, 0.3) is 5.89 Å². The van der Waals surface area contributed by atoms with Crippen LogP contribution in [-0.2, 0) is 16.4 Å². The van der Waals surface area contributed by atoms with Crippen LogP contribution in [0, 0.1) is 0 Å². The lowest BCUT2D eigenvalue weighted by Gasteiger charge is -2.24. The van der Waals surface area contributed by atoms with E-state index >= 15 is 0 Å². The van der Waals surface area contributed by atoms with Crippen LogP contribution in [0.1, 0.15) is 25.1 Å². The van der Waals surface area contributed by atoms with E-state index in [0.29, 0.717) is 42.6 Å². The summed E-state index contributed by atoms with van der Waals surface area (Å²) < 4.78 is 44.2. The van der Waals surface area contributed by atoms with E-state index in [9.17, 15) is 8.42 Å². The zero-order valence-corrected chi connectivity index (χ0v) is 18.2. The van der Waals surface area contributed by atoms with E-state index in [1.165, 1.54) is 20.3 Å². The Morgan fingerprint density at radius 2 is 2.10 bits per heavy atom. The van der Waals surface area contributed by atoms with Crippen LogP contribution in [-0.4, -0.2) is 54.7 Å². The van der Waals surface area contributed by atoms with Gasteiger partial charge in [-0.25, -0.2) is 8.42 Å². The SMILES string of the molecule is COc1ccc(OC)c(S(=O)(=O)N2CCCC2CCc2noc(-c3cccnc3)n2)c1. The van der Waals surface area contributed by atoms with Crippen LogP contribution in [0.15, 0.2) is 52.1 Å². The van der Waals surface area contributed by atoms with Crippen molar-refractivity contribution in [2.75, 3.05) is 20.8 Å². The maximum atomic E-state index is 13.4. The first-order chi connectivity index (χ1) is 15.0. The molecule has 164 valence electrons. The Kier molecular flexibility index (Phi) is 6.19. The molecule has 0 saturated carbocycles. The number of methoxy groups -OCH3 is 2. The molecule has 9 nitrogen and oxygen atoms in total. The zero-order valence-electron chi connectivity index (χ0n) is 17.4. The fraction of sp³-hybridized carbons (Fsp3) is 0.381. The highest BCUT2D eigenvalue weighted by atomic mass is 32.2. The van der Waals surface area contributed by atoms with E-state index in [0.717, 1.165) is 18.4 Å². The van der Waals surface area contributed by atoms with Gasteiger partial charge in [0.15, 0.2) is 5.82 Å². The first kappa shape index (κ1) is 21.3. The molecule has 1 atom stereocenters. The minimum absolute atomic E-state index is 0.111. The Hall–Kier alpha value is -2.98. The third-order valence-electron chi connectivity index (χ3n) is 5.36. The number of aryl methyl sites for hydroxylation is 1. The summed E-state index contributed by atoms with van der Waals surface area (Å²) in [6.07, 6.45) is 6.01. The molecule has 0 N–H and O–H groups in total. The van der Waals surface area contributed by atoms with Crippen LogP contribution >= 0.6 is 0 Å². The smallest absolute Gasteiger partial charge is 0.259 e. The molecule has 1 aromatic carbocycles. The summed E-state index contributed by atoms with van der Waals surface area (Å²) >= 11 is 0. The second kappa shape index (κ2) is 9.03. The van der Waals surface area contributed by atoms with Gasteiger partial charge in [-0.1, -0.05) is 5.16 Å². The average Bonchev–Trinajstić information content (AvgIpc) is 3.47. The van der Waals surface area contributed by atoms with Gasteiger partial charge in [0.2, 0.25) is 10.0 Å². The molecule has 31 heavy (non-hydrogen) atoms. The second-order valence-corrected chi connectivity index (χ2v) is 9.08. The third kappa shape index (κ3) is 4.40. The normalized spacial score (nSPS) is 17.0. The summed E-state index contributed by atoms with van der Waals surface area (Å²) in [5.41, 5.74) is 0.747. The number of ether oxygens (including phenoxy) is 2. The van der Waals surface area contributed by atoms with Gasteiger partial charge in [-0.15, -0.1) is 0 Å². The Morgan fingerprint density at radius 3 is 2.84 bits per heavy atom. The highest BCUT2D eigenvalue weighted by Gasteiger charge is 2.37. The van der Waals surface area contributed by atoms with Gasteiger partial charge in [-0.05, 0) is 43.5 Å². The molecular formula is C21H24N4O5S. The Morgan fingerprint density at radius 1 is 1.23 bits per heavy atom. The monoisotopic (exact) mass is 444 g/mol. The van der Waals surface area contributed by atoms with Gasteiger partial charge in [0, 0.05) is 37.5 Å². The minimum atomic E-state index is -3.75. The van der Waals surface area contributed by atoms with Gasteiger partial charge >= 0.3 is 0 Å². The number of sulfonamides is 1. The van der Waals surface area contributed by atoms with Gasteiger partial charge in [0.05, 0.1) is 19.8 Å². The molecule has 10 heteroatoms. The van der Waals surface area contributed by atoms with Crippen LogP contribution < -0.4 is 9.47 Å². The number of hydrogen-bond donors (Lipinski definition) is 0. The number of benzene rings is 1. The summed E-state index contributed by atoms with van der Waals surface area (Å²) in [6.45, 7) is 0.459. The van der Waals surface area contributed by atoms with Crippen LogP contribution in [0.4, 0.5) is 0 Å². The van der Waals surface area contributed by atoms with E-state index in [1.807, 2.05) is 6.07 Å². The van der Waals surface area contributed by atoms with Gasteiger partial charge in [-0.3, -0.25) is 4.98 Å². The molecule has 1 fully saturated rings. The molecule has 1 aliphatic heterocycles. The Labute approximate surface area is 181 Å². The van der Waals surface area contributed by atoms with Crippen molar-refractivity contribution in [3.8, 4) is 23.0 Å². The highest BCUT2D eigenvalue weighted by molar-refractivity contribution is 7.89. The summed E-state index contributed by atoms with van der Waals surface area (Å²) in [5.74, 6) is 1.71. The highest BCUT2D eigenvalue weighted by Crippen LogP contribution is 2.35. The first-order valence-electron chi connectivity index (χ1n) is 10.00. The zero-order chi connectivity index (χ0) is 21.8. The van der Waals surface area contributed by atoms with Gasteiger partial charge in [-0.2, -0.15) is 9.29 Å².